The first-order valence-electron chi connectivity index (χ1n) is 10.1. The van der Waals surface area contributed by atoms with Crippen molar-refractivity contribution >= 4 is 27.7 Å². The Morgan fingerprint density at radius 3 is 2.16 bits per heavy atom. The summed E-state index contributed by atoms with van der Waals surface area (Å²) in [5.41, 5.74) is 5.54. The zero-order valence-electron chi connectivity index (χ0n) is 17.0. The van der Waals surface area contributed by atoms with Gasteiger partial charge in [-0.05, 0) is 63.6 Å². The molecule has 0 fully saturated rings. The molecule has 1 aliphatic carbocycles. The van der Waals surface area contributed by atoms with Crippen molar-refractivity contribution in [3.63, 3.8) is 0 Å². The van der Waals surface area contributed by atoms with Gasteiger partial charge < -0.3 is 9.84 Å². The summed E-state index contributed by atoms with van der Waals surface area (Å²) in [5.74, 6) is 1.02. The van der Waals surface area contributed by atoms with Gasteiger partial charge in [0.05, 0.1) is 7.11 Å². The van der Waals surface area contributed by atoms with E-state index in [9.17, 15) is 9.90 Å². The van der Waals surface area contributed by atoms with Crippen LogP contribution in [0.4, 0.5) is 0 Å². The average molecular weight is 404 g/mol. The van der Waals surface area contributed by atoms with Crippen LogP contribution >= 0.6 is 0 Å². The van der Waals surface area contributed by atoms with Crippen molar-refractivity contribution in [2.75, 3.05) is 7.11 Å². The van der Waals surface area contributed by atoms with Gasteiger partial charge >= 0.3 is 0 Å². The smallest absolute Gasteiger partial charge is 0.186 e. The predicted molar refractivity (Wildman–Crippen MR) is 124 cm³/mol. The molecule has 150 valence electrons. The van der Waals surface area contributed by atoms with Crippen LogP contribution in [0.25, 0.3) is 21.9 Å². The average Bonchev–Trinajstić information content (AvgIpc) is 2.83. The maximum Gasteiger partial charge on any atom is 0.186 e. The molecule has 0 aromatic heterocycles. The van der Waals surface area contributed by atoms with Gasteiger partial charge in [-0.3, -0.25) is 4.79 Å². The maximum absolute atomic E-state index is 12.5. The van der Waals surface area contributed by atoms with E-state index in [1.807, 2.05) is 84.9 Å². The summed E-state index contributed by atoms with van der Waals surface area (Å²) < 4.78 is 5.35. The number of benzene rings is 4. The first kappa shape index (κ1) is 18.9. The van der Waals surface area contributed by atoms with Gasteiger partial charge in [0.15, 0.2) is 5.78 Å². The Kier molecular flexibility index (Phi) is 4.64. The van der Waals surface area contributed by atoms with Gasteiger partial charge in [-0.1, -0.05) is 66.7 Å². The number of carbonyl (C=O) groups is 1. The third kappa shape index (κ3) is 3.21. The highest BCUT2D eigenvalue weighted by atomic mass is 16.5. The first-order valence-corrected chi connectivity index (χ1v) is 10.1. The molecular weight excluding hydrogens is 384 g/mol. The summed E-state index contributed by atoms with van der Waals surface area (Å²) >= 11 is 0. The van der Waals surface area contributed by atoms with Crippen LogP contribution < -0.4 is 4.74 Å². The molecule has 1 aliphatic rings. The number of rotatable bonds is 3. The van der Waals surface area contributed by atoms with Gasteiger partial charge in [-0.2, -0.15) is 0 Å². The van der Waals surface area contributed by atoms with Crippen molar-refractivity contribution in [2.24, 2.45) is 0 Å². The standard InChI is InChI=1S/C28H20O3/c1-31-19-12-10-18(11-13-19)28(24-14-16-26(29)22-8-4-2-6-20(22)24)25-15-17-27(30)23-9-5-3-7-21(23)25/h2-17,29H,1H3/b28-25+. The Bertz CT molecular complexity index is 1380. The lowest BCUT2D eigenvalue weighted by Gasteiger charge is -2.20. The van der Waals surface area contributed by atoms with Gasteiger partial charge in [-0.15, -0.1) is 0 Å². The van der Waals surface area contributed by atoms with Gasteiger partial charge in [0.1, 0.15) is 11.5 Å². The molecule has 0 heterocycles. The molecule has 4 aromatic rings. The van der Waals surface area contributed by atoms with E-state index in [0.29, 0.717) is 5.56 Å². The molecule has 0 aliphatic heterocycles. The highest BCUT2D eigenvalue weighted by molar-refractivity contribution is 6.18. The second-order valence-electron chi connectivity index (χ2n) is 7.44. The van der Waals surface area contributed by atoms with Crippen molar-refractivity contribution in [3.8, 4) is 11.5 Å². The second kappa shape index (κ2) is 7.62. The molecule has 0 amide bonds. The fourth-order valence-corrected chi connectivity index (χ4v) is 4.20. The predicted octanol–water partition coefficient (Wildman–Crippen LogP) is 6.27. The summed E-state index contributed by atoms with van der Waals surface area (Å²) in [6, 6.07) is 27.1. The monoisotopic (exact) mass is 404 g/mol. The Morgan fingerprint density at radius 2 is 1.42 bits per heavy atom. The van der Waals surface area contributed by atoms with Crippen LogP contribution in [0.15, 0.2) is 97.1 Å². The molecule has 3 heteroatoms. The Hall–Kier alpha value is -4.11. The summed E-state index contributed by atoms with van der Waals surface area (Å²) in [6.07, 6.45) is 3.52. The fourth-order valence-electron chi connectivity index (χ4n) is 4.20. The van der Waals surface area contributed by atoms with Gasteiger partial charge in [-0.25, -0.2) is 0 Å². The van der Waals surface area contributed by atoms with Crippen LogP contribution in [0.2, 0.25) is 0 Å². The van der Waals surface area contributed by atoms with Crippen LogP contribution in [0.1, 0.15) is 27.0 Å². The number of phenols is 1. The molecule has 0 bridgehead atoms. The van der Waals surface area contributed by atoms with E-state index in [4.69, 9.17) is 4.74 Å². The largest absolute Gasteiger partial charge is 0.507 e. The lowest BCUT2D eigenvalue weighted by atomic mass is 9.82. The van der Waals surface area contributed by atoms with E-state index in [1.54, 1.807) is 19.3 Å². The maximum atomic E-state index is 12.5. The molecule has 0 saturated heterocycles. The summed E-state index contributed by atoms with van der Waals surface area (Å²) in [4.78, 5) is 12.5. The quantitative estimate of drug-likeness (QED) is 0.438. The number of carbonyl (C=O) groups excluding carboxylic acids is 1. The van der Waals surface area contributed by atoms with Crippen molar-refractivity contribution < 1.29 is 14.6 Å². The van der Waals surface area contributed by atoms with E-state index in [2.05, 4.69) is 0 Å². The third-order valence-electron chi connectivity index (χ3n) is 5.70. The molecule has 1 N–H and O–H groups in total. The summed E-state index contributed by atoms with van der Waals surface area (Å²) in [7, 11) is 1.65. The lowest BCUT2D eigenvalue weighted by molar-refractivity contribution is 0.104. The Labute approximate surface area is 180 Å². The zero-order valence-corrected chi connectivity index (χ0v) is 17.0. The number of hydrogen-bond acceptors (Lipinski definition) is 3. The number of fused-ring (bicyclic) bond motifs is 2. The molecule has 0 radical (unpaired) electrons. The number of allylic oxidation sites excluding steroid dienone is 3. The summed E-state index contributed by atoms with van der Waals surface area (Å²) in [6.45, 7) is 0. The molecule has 5 rings (SSSR count). The van der Waals surface area contributed by atoms with Crippen LogP contribution in [-0.4, -0.2) is 18.0 Å². The Morgan fingerprint density at radius 1 is 0.742 bits per heavy atom. The Balaban J connectivity index is 1.89. The number of phenolic OH excluding ortho intramolecular Hbond substituents is 1. The van der Waals surface area contributed by atoms with E-state index < -0.39 is 0 Å². The molecule has 3 nitrogen and oxygen atoms in total. The van der Waals surface area contributed by atoms with Crippen LogP contribution in [0, 0.1) is 0 Å². The highest BCUT2D eigenvalue weighted by Gasteiger charge is 2.22. The molecule has 0 saturated carbocycles. The molecule has 0 unspecified atom stereocenters. The van der Waals surface area contributed by atoms with E-state index >= 15 is 0 Å². The van der Waals surface area contributed by atoms with Gasteiger partial charge in [0, 0.05) is 10.9 Å². The normalized spacial score (nSPS) is 14.4. The van der Waals surface area contributed by atoms with Gasteiger partial charge in [0.2, 0.25) is 0 Å². The number of methoxy groups -OCH3 is 1. The van der Waals surface area contributed by atoms with E-state index in [0.717, 1.165) is 44.4 Å². The minimum atomic E-state index is 0.00370. The highest BCUT2D eigenvalue weighted by Crippen LogP contribution is 2.41. The van der Waals surface area contributed by atoms with Crippen molar-refractivity contribution in [1.29, 1.82) is 0 Å². The van der Waals surface area contributed by atoms with Gasteiger partial charge in [0.25, 0.3) is 0 Å². The second-order valence-corrected chi connectivity index (χ2v) is 7.44. The third-order valence-corrected chi connectivity index (χ3v) is 5.70. The van der Waals surface area contributed by atoms with Crippen LogP contribution in [0.5, 0.6) is 11.5 Å². The molecule has 31 heavy (non-hydrogen) atoms. The van der Waals surface area contributed by atoms with Crippen LogP contribution in [0.3, 0.4) is 0 Å². The van der Waals surface area contributed by atoms with Crippen LogP contribution in [-0.2, 0) is 0 Å². The van der Waals surface area contributed by atoms with E-state index in [-0.39, 0.29) is 11.5 Å². The van der Waals surface area contributed by atoms with Crippen molar-refractivity contribution in [1.82, 2.24) is 0 Å². The van der Waals surface area contributed by atoms with Crippen molar-refractivity contribution in [2.45, 2.75) is 0 Å². The molecular formula is C28H20O3. The van der Waals surface area contributed by atoms with E-state index in [1.165, 1.54) is 0 Å². The fraction of sp³-hybridized carbons (Fsp3) is 0.0357. The number of aromatic hydroxyl groups is 1. The molecule has 4 aromatic carbocycles. The minimum absolute atomic E-state index is 0.00370. The topological polar surface area (TPSA) is 46.5 Å². The van der Waals surface area contributed by atoms with Crippen molar-refractivity contribution in [3.05, 3.63) is 119 Å². The number of ether oxygens (including phenoxy) is 1. The number of hydrogen-bond donors (Lipinski definition) is 1. The molecule has 0 spiro atoms. The number of ketones is 1. The zero-order chi connectivity index (χ0) is 21.4. The first-order chi connectivity index (χ1) is 15.2. The summed E-state index contributed by atoms with van der Waals surface area (Å²) in [5, 5.41) is 12.2. The lowest BCUT2D eigenvalue weighted by Crippen LogP contribution is -2.06. The minimum Gasteiger partial charge on any atom is -0.507 e. The molecule has 0 atom stereocenters. The SMILES string of the molecule is COc1ccc(/C(=C2/C=CC(=O)c3ccccc32)c2ccc(O)c3ccccc23)cc1.